The van der Waals surface area contributed by atoms with Crippen molar-refractivity contribution in [3.63, 3.8) is 0 Å². The number of halogens is 10. The van der Waals surface area contributed by atoms with Crippen molar-refractivity contribution < 1.29 is 48.7 Å². The van der Waals surface area contributed by atoms with Gasteiger partial charge in [-0.05, 0) is 48.6 Å². The molecular weight excluding hydrogens is 562 g/mol. The lowest BCUT2D eigenvalue weighted by molar-refractivity contribution is -0.348. The lowest BCUT2D eigenvalue weighted by Gasteiger charge is -2.31. The number of hydrogen-bond donors (Lipinski definition) is 1. The fraction of sp³-hybridized carbons (Fsp3) is 0.320. The zero-order valence-electron chi connectivity index (χ0n) is 20.1. The molecule has 1 aromatic heterocycles. The van der Waals surface area contributed by atoms with Crippen molar-refractivity contribution in [2.45, 2.75) is 49.4 Å². The number of nitriles is 1. The number of aryl methyl sites for hydroxylation is 1. The summed E-state index contributed by atoms with van der Waals surface area (Å²) in [6, 6.07) is 5.80. The van der Waals surface area contributed by atoms with Crippen LogP contribution in [-0.2, 0) is 17.3 Å². The average molecular weight is 578 g/mol. The van der Waals surface area contributed by atoms with E-state index in [1.165, 1.54) is 18.2 Å². The first-order valence-electron chi connectivity index (χ1n) is 11.2. The van der Waals surface area contributed by atoms with Gasteiger partial charge in [0.1, 0.15) is 0 Å². The summed E-state index contributed by atoms with van der Waals surface area (Å²) in [5.41, 5.74) is -6.86. The van der Waals surface area contributed by atoms with Crippen molar-refractivity contribution in [3.8, 4) is 22.9 Å². The number of primary amides is 1. The molecule has 1 amide bonds. The summed E-state index contributed by atoms with van der Waals surface area (Å²) < 4.78 is 136. The first-order valence-corrected chi connectivity index (χ1v) is 11.2. The molecule has 0 spiro atoms. The molecule has 0 aliphatic heterocycles. The monoisotopic (exact) mass is 578 g/mol. The molecule has 4 rings (SSSR count). The summed E-state index contributed by atoms with van der Waals surface area (Å²) in [5, 5.41) is 13.2. The summed E-state index contributed by atoms with van der Waals surface area (Å²) in [6.07, 6.45) is -15.7. The molecule has 3 aromatic rings. The van der Waals surface area contributed by atoms with Gasteiger partial charge >= 0.3 is 24.2 Å². The van der Waals surface area contributed by atoms with Crippen molar-refractivity contribution in [1.82, 2.24) is 9.78 Å². The molecule has 0 bridgehead atoms. The highest BCUT2D eigenvalue weighted by molar-refractivity contribution is 5.96. The van der Waals surface area contributed by atoms with Crippen LogP contribution in [-0.4, -0.2) is 28.0 Å². The van der Waals surface area contributed by atoms with Gasteiger partial charge in [0.2, 0.25) is 5.91 Å². The van der Waals surface area contributed by atoms with Gasteiger partial charge in [-0.25, -0.2) is 9.07 Å². The molecule has 0 radical (unpaired) electrons. The molecule has 2 N–H and O–H groups in total. The van der Waals surface area contributed by atoms with Gasteiger partial charge in [-0.1, -0.05) is 18.2 Å². The predicted molar refractivity (Wildman–Crippen MR) is 119 cm³/mol. The first kappa shape index (κ1) is 28.9. The SMILES string of the molecule is Cc1cc(C(F)(C(F)(F)F)C(F)(F)F)cc(C(F)(F)F)c1-n1cc(-c2ccc(C3(C#N)CC3)c(C(N)=O)c2)cn1. The normalized spacial score (nSPS) is 15.6. The quantitative estimate of drug-likeness (QED) is 0.338. The van der Waals surface area contributed by atoms with Crippen LogP contribution in [0.3, 0.4) is 0 Å². The number of amides is 1. The number of carbonyl (C=O) groups is 1. The van der Waals surface area contributed by atoms with Crippen LogP contribution in [0, 0.1) is 18.3 Å². The van der Waals surface area contributed by atoms with Crippen LogP contribution < -0.4 is 5.73 Å². The van der Waals surface area contributed by atoms with E-state index in [0.717, 1.165) is 19.3 Å². The summed E-state index contributed by atoms with van der Waals surface area (Å²) in [5.74, 6) is -0.874. The molecule has 5 nitrogen and oxygen atoms in total. The van der Waals surface area contributed by atoms with Gasteiger partial charge in [0.05, 0.1) is 28.9 Å². The molecular formula is C25H16F10N4O. The highest BCUT2D eigenvalue weighted by atomic mass is 19.4. The Morgan fingerprint density at radius 1 is 0.975 bits per heavy atom. The fourth-order valence-electron chi connectivity index (χ4n) is 4.49. The number of alkyl halides is 10. The number of nitrogens with zero attached hydrogens (tertiary/aromatic N) is 3. The number of aromatic nitrogens is 2. The second kappa shape index (κ2) is 8.97. The molecule has 1 saturated carbocycles. The van der Waals surface area contributed by atoms with Gasteiger partial charge in [0, 0.05) is 22.9 Å². The van der Waals surface area contributed by atoms with Gasteiger partial charge in [-0.2, -0.15) is 49.9 Å². The van der Waals surface area contributed by atoms with E-state index in [4.69, 9.17) is 5.73 Å². The maximum Gasteiger partial charge on any atom is 0.435 e. The van der Waals surface area contributed by atoms with Crippen LogP contribution in [0.4, 0.5) is 43.9 Å². The zero-order chi connectivity index (χ0) is 30.1. The van der Waals surface area contributed by atoms with E-state index in [2.05, 4.69) is 11.2 Å². The number of rotatable bonds is 5. The van der Waals surface area contributed by atoms with Crippen LogP contribution >= 0.6 is 0 Å². The minimum absolute atomic E-state index is 0.0144. The van der Waals surface area contributed by atoms with Crippen molar-refractivity contribution in [2.24, 2.45) is 5.73 Å². The van der Waals surface area contributed by atoms with Gasteiger partial charge in [0.25, 0.3) is 0 Å². The molecule has 0 unspecified atom stereocenters. The Kier molecular flexibility index (Phi) is 6.48. The largest absolute Gasteiger partial charge is 0.435 e. The zero-order valence-corrected chi connectivity index (χ0v) is 20.1. The maximum absolute atomic E-state index is 14.6. The Morgan fingerprint density at radius 3 is 2.05 bits per heavy atom. The molecule has 1 aliphatic carbocycles. The lowest BCUT2D eigenvalue weighted by atomic mass is 9.89. The number of hydrogen-bond acceptors (Lipinski definition) is 3. The van der Waals surface area contributed by atoms with Crippen LogP contribution in [0.5, 0.6) is 0 Å². The fourth-order valence-corrected chi connectivity index (χ4v) is 4.49. The molecule has 1 heterocycles. The van der Waals surface area contributed by atoms with E-state index in [1.807, 2.05) is 0 Å². The highest BCUT2D eigenvalue weighted by Gasteiger charge is 2.73. The van der Waals surface area contributed by atoms with Crippen LogP contribution in [0.2, 0.25) is 0 Å². The summed E-state index contributed by atoms with van der Waals surface area (Å²) in [4.78, 5) is 12.1. The Labute approximate surface area is 218 Å². The second-order valence-corrected chi connectivity index (χ2v) is 9.33. The van der Waals surface area contributed by atoms with Crippen molar-refractivity contribution in [1.29, 1.82) is 5.26 Å². The van der Waals surface area contributed by atoms with Crippen molar-refractivity contribution in [2.75, 3.05) is 0 Å². The number of carbonyl (C=O) groups excluding carboxylic acids is 1. The average Bonchev–Trinajstić information content (AvgIpc) is 3.49. The smallest absolute Gasteiger partial charge is 0.366 e. The van der Waals surface area contributed by atoms with Crippen LogP contribution in [0.1, 0.15) is 45.5 Å². The molecule has 15 heteroatoms. The molecule has 40 heavy (non-hydrogen) atoms. The summed E-state index contributed by atoms with van der Waals surface area (Å²) in [7, 11) is 0. The molecule has 0 atom stereocenters. The third kappa shape index (κ3) is 4.54. The molecule has 212 valence electrons. The van der Waals surface area contributed by atoms with E-state index in [1.54, 1.807) is 0 Å². The van der Waals surface area contributed by atoms with Gasteiger partial charge in [-0.15, -0.1) is 0 Å². The summed E-state index contributed by atoms with van der Waals surface area (Å²) >= 11 is 0. The van der Waals surface area contributed by atoms with E-state index in [0.29, 0.717) is 23.1 Å². The topological polar surface area (TPSA) is 84.7 Å². The van der Waals surface area contributed by atoms with E-state index < -0.39 is 64.0 Å². The predicted octanol–water partition coefficient (Wildman–Crippen LogP) is 6.81. The van der Waals surface area contributed by atoms with E-state index >= 15 is 0 Å². The van der Waals surface area contributed by atoms with E-state index in [9.17, 15) is 54.0 Å². The standard InChI is InChI=1S/C25H16F10N4O/c1-12-6-15(22(26,24(30,31)32)25(33,34)35)8-18(23(27,28)29)19(12)39-10-14(9-38-39)13-2-3-17(16(7-13)20(37)40)21(11-36)4-5-21/h2-3,6-10H,4-5H2,1H3,(H2,37,40). The van der Waals surface area contributed by atoms with Crippen molar-refractivity contribution >= 4 is 5.91 Å². The molecule has 1 aliphatic rings. The molecule has 1 fully saturated rings. The molecule has 0 saturated heterocycles. The van der Waals surface area contributed by atoms with Gasteiger partial charge in [0.15, 0.2) is 0 Å². The lowest BCUT2D eigenvalue weighted by Crippen LogP contribution is -2.50. The number of nitrogens with two attached hydrogens (primary N) is 1. The van der Waals surface area contributed by atoms with Gasteiger partial charge in [-0.3, -0.25) is 4.79 Å². The minimum Gasteiger partial charge on any atom is -0.366 e. The molecule has 2 aromatic carbocycles. The minimum atomic E-state index is -6.62. The van der Waals surface area contributed by atoms with Crippen molar-refractivity contribution in [3.05, 3.63) is 70.5 Å². The second-order valence-electron chi connectivity index (χ2n) is 9.33. The first-order chi connectivity index (χ1) is 18.3. The third-order valence-corrected chi connectivity index (χ3v) is 6.69. The Morgan fingerprint density at radius 2 is 1.57 bits per heavy atom. The van der Waals surface area contributed by atoms with E-state index in [-0.39, 0.29) is 22.8 Å². The Balaban J connectivity index is 1.87. The summed E-state index contributed by atoms with van der Waals surface area (Å²) in [6.45, 7) is 0.777. The maximum atomic E-state index is 14.6. The van der Waals surface area contributed by atoms with Gasteiger partial charge < -0.3 is 5.73 Å². The van der Waals surface area contributed by atoms with Crippen LogP contribution in [0.25, 0.3) is 16.8 Å². The highest BCUT2D eigenvalue weighted by Crippen LogP contribution is 2.54. The Hall–Kier alpha value is -4.09. The number of benzene rings is 2. The Bertz CT molecular complexity index is 1520. The third-order valence-electron chi connectivity index (χ3n) is 6.69. The van der Waals surface area contributed by atoms with Crippen LogP contribution in [0.15, 0.2) is 42.7 Å².